The van der Waals surface area contributed by atoms with Gasteiger partial charge in [-0.15, -0.1) is 0 Å². The van der Waals surface area contributed by atoms with E-state index in [1.165, 1.54) is 0 Å². The molecule has 0 aromatic heterocycles. The fourth-order valence-electron chi connectivity index (χ4n) is 0.421. The van der Waals surface area contributed by atoms with Crippen LogP contribution in [-0.4, -0.2) is 0 Å². The summed E-state index contributed by atoms with van der Waals surface area (Å²) in [5.41, 5.74) is 0. The Labute approximate surface area is 62.5 Å². The van der Waals surface area contributed by atoms with Gasteiger partial charge in [-0.3, -0.25) is 0 Å². The van der Waals surface area contributed by atoms with Crippen molar-refractivity contribution in [2.75, 3.05) is 0 Å². The summed E-state index contributed by atoms with van der Waals surface area (Å²) in [5.74, 6) is 0. The first-order chi connectivity index (χ1) is 2.89. The Kier molecular flexibility index (Phi) is 3.69. The Hall–Kier alpha value is 0.458. The standard InChI is InChI=1S/C5H5Cl.W/c6-5-3-1-2-4-5;/h1-3H,4H2;. The molecule has 0 atom stereocenters. The third-order valence-corrected chi connectivity index (χ3v) is 1.01. The summed E-state index contributed by atoms with van der Waals surface area (Å²) in [6.45, 7) is 0. The van der Waals surface area contributed by atoms with Crippen molar-refractivity contribution in [3.63, 3.8) is 0 Å². The minimum Gasteiger partial charge on any atom is -0.0888 e. The third-order valence-electron chi connectivity index (χ3n) is 0.726. The monoisotopic (exact) mass is 284 g/mol. The maximum absolute atomic E-state index is 5.51. The van der Waals surface area contributed by atoms with Crippen LogP contribution in [0.3, 0.4) is 0 Å². The van der Waals surface area contributed by atoms with Gasteiger partial charge in [0, 0.05) is 32.5 Å². The molecule has 0 heterocycles. The fourth-order valence-corrected chi connectivity index (χ4v) is 0.583. The molecule has 2 heteroatoms. The zero-order chi connectivity index (χ0) is 4.41. The molecule has 0 amide bonds. The summed E-state index contributed by atoms with van der Waals surface area (Å²) in [7, 11) is 0. The topological polar surface area (TPSA) is 0 Å². The molecule has 7 heavy (non-hydrogen) atoms. The van der Waals surface area contributed by atoms with Crippen LogP contribution in [0.4, 0.5) is 0 Å². The summed E-state index contributed by atoms with van der Waals surface area (Å²) in [6.07, 6.45) is 6.83. The first kappa shape index (κ1) is 7.46. The van der Waals surface area contributed by atoms with E-state index in [4.69, 9.17) is 11.6 Å². The van der Waals surface area contributed by atoms with Gasteiger partial charge in [-0.25, -0.2) is 0 Å². The zero-order valence-electron chi connectivity index (χ0n) is 3.73. The van der Waals surface area contributed by atoms with E-state index >= 15 is 0 Å². The van der Waals surface area contributed by atoms with Crippen molar-refractivity contribution in [2.24, 2.45) is 0 Å². The van der Waals surface area contributed by atoms with E-state index in [2.05, 4.69) is 0 Å². The van der Waals surface area contributed by atoms with Crippen molar-refractivity contribution in [1.29, 1.82) is 0 Å². The summed E-state index contributed by atoms with van der Waals surface area (Å²) < 4.78 is 0. The van der Waals surface area contributed by atoms with Crippen molar-refractivity contribution in [1.82, 2.24) is 0 Å². The molecule has 0 saturated carbocycles. The zero-order valence-corrected chi connectivity index (χ0v) is 7.41. The molecular weight excluding hydrogens is 279 g/mol. The molecule has 0 aromatic carbocycles. The summed E-state index contributed by atoms with van der Waals surface area (Å²) in [4.78, 5) is 0. The molecule has 0 aliphatic heterocycles. The van der Waals surface area contributed by atoms with Gasteiger partial charge >= 0.3 is 0 Å². The predicted octanol–water partition coefficient (Wildman–Crippen LogP) is 2.07. The van der Waals surface area contributed by atoms with Crippen LogP contribution >= 0.6 is 11.6 Å². The van der Waals surface area contributed by atoms with Crippen molar-refractivity contribution in [3.05, 3.63) is 23.3 Å². The van der Waals surface area contributed by atoms with Crippen LogP contribution in [0, 0.1) is 0 Å². The summed E-state index contributed by atoms with van der Waals surface area (Å²) >= 11 is 5.51. The molecule has 0 spiro atoms. The van der Waals surface area contributed by atoms with Gasteiger partial charge in [0.25, 0.3) is 0 Å². The summed E-state index contributed by atoms with van der Waals surface area (Å²) in [6, 6.07) is 0. The normalized spacial score (nSPS) is 15.9. The van der Waals surface area contributed by atoms with E-state index in [0.717, 1.165) is 11.5 Å². The largest absolute Gasteiger partial charge is 0.0888 e. The average Bonchev–Trinajstić information content (AvgIpc) is 1.86. The van der Waals surface area contributed by atoms with Gasteiger partial charge in [0.05, 0.1) is 0 Å². The van der Waals surface area contributed by atoms with Crippen LogP contribution in [0.25, 0.3) is 0 Å². The van der Waals surface area contributed by atoms with Gasteiger partial charge in [-0.2, -0.15) is 0 Å². The van der Waals surface area contributed by atoms with Crippen LogP contribution in [0.5, 0.6) is 0 Å². The maximum atomic E-state index is 5.51. The number of halogens is 1. The van der Waals surface area contributed by atoms with Crippen LogP contribution in [0.15, 0.2) is 23.3 Å². The molecule has 0 unspecified atom stereocenters. The van der Waals surface area contributed by atoms with Gasteiger partial charge in [-0.1, -0.05) is 23.8 Å². The van der Waals surface area contributed by atoms with E-state index in [1.807, 2.05) is 18.2 Å². The SMILES string of the molecule is ClC1=CC=CC1.[W]. The maximum Gasteiger partial charge on any atom is 0.0218 e. The van der Waals surface area contributed by atoms with Crippen molar-refractivity contribution in [3.8, 4) is 0 Å². The predicted molar refractivity (Wildman–Crippen MR) is 27.7 cm³/mol. The molecule has 0 N–H and O–H groups in total. The van der Waals surface area contributed by atoms with Crippen molar-refractivity contribution < 1.29 is 21.1 Å². The Balaban J connectivity index is 0.000000360. The van der Waals surface area contributed by atoms with E-state index in [9.17, 15) is 0 Å². The van der Waals surface area contributed by atoms with Gasteiger partial charge in [0.15, 0.2) is 0 Å². The summed E-state index contributed by atoms with van der Waals surface area (Å²) in [5, 5.41) is 0.940. The Morgan fingerprint density at radius 3 is 2.43 bits per heavy atom. The molecular formula is C5H5ClW. The van der Waals surface area contributed by atoms with Crippen LogP contribution in [0.1, 0.15) is 6.42 Å². The Morgan fingerprint density at radius 1 is 1.57 bits per heavy atom. The number of hydrogen-bond donors (Lipinski definition) is 0. The first-order valence-electron chi connectivity index (χ1n) is 1.91. The number of allylic oxidation sites excluding steroid dienone is 4. The second-order valence-corrected chi connectivity index (χ2v) is 1.73. The van der Waals surface area contributed by atoms with Crippen LogP contribution < -0.4 is 0 Å². The average molecular weight is 284 g/mol. The Morgan fingerprint density at radius 2 is 2.29 bits per heavy atom. The minimum absolute atomic E-state index is 0. The van der Waals surface area contributed by atoms with Crippen LogP contribution in [-0.2, 0) is 21.1 Å². The van der Waals surface area contributed by atoms with Crippen LogP contribution in [0.2, 0.25) is 0 Å². The molecule has 0 nitrogen and oxygen atoms in total. The van der Waals surface area contributed by atoms with E-state index in [0.29, 0.717) is 0 Å². The van der Waals surface area contributed by atoms with Gasteiger partial charge in [0.2, 0.25) is 0 Å². The second kappa shape index (κ2) is 3.46. The molecule has 0 saturated heterocycles. The Bertz CT molecular complexity index is 105. The van der Waals surface area contributed by atoms with Gasteiger partial charge in [0.1, 0.15) is 0 Å². The molecule has 0 radical (unpaired) electrons. The first-order valence-corrected chi connectivity index (χ1v) is 2.28. The molecule has 0 fully saturated rings. The molecule has 0 aromatic rings. The minimum atomic E-state index is 0. The second-order valence-electron chi connectivity index (χ2n) is 1.25. The number of hydrogen-bond acceptors (Lipinski definition) is 0. The molecule has 1 aliphatic carbocycles. The third kappa shape index (κ3) is 2.31. The molecule has 38 valence electrons. The van der Waals surface area contributed by atoms with E-state index < -0.39 is 0 Å². The quantitative estimate of drug-likeness (QED) is 0.639. The van der Waals surface area contributed by atoms with Crippen molar-refractivity contribution in [2.45, 2.75) is 6.42 Å². The molecule has 0 bridgehead atoms. The number of rotatable bonds is 0. The van der Waals surface area contributed by atoms with Gasteiger partial charge in [-0.05, 0) is 6.08 Å². The van der Waals surface area contributed by atoms with E-state index in [-0.39, 0.29) is 21.1 Å². The van der Waals surface area contributed by atoms with Gasteiger partial charge < -0.3 is 0 Å². The van der Waals surface area contributed by atoms with E-state index in [1.54, 1.807) is 0 Å². The smallest absolute Gasteiger partial charge is 0.0218 e. The molecule has 1 aliphatic rings. The van der Waals surface area contributed by atoms with Crippen molar-refractivity contribution >= 4 is 11.6 Å². The molecule has 1 rings (SSSR count). The fraction of sp³-hybridized carbons (Fsp3) is 0.200.